The number of methoxy groups -OCH3 is 1. The van der Waals surface area contributed by atoms with Crippen molar-refractivity contribution in [1.29, 1.82) is 0 Å². The van der Waals surface area contributed by atoms with E-state index in [-0.39, 0.29) is 10.8 Å². The lowest BCUT2D eigenvalue weighted by molar-refractivity contribution is 0.0933. The minimum atomic E-state index is -3.78. The zero-order chi connectivity index (χ0) is 19.4. The molecule has 0 saturated heterocycles. The lowest BCUT2D eigenvalue weighted by Crippen LogP contribution is -2.37. The topological polar surface area (TPSA) is 89.4 Å². The molecule has 27 heavy (non-hydrogen) atoms. The van der Waals surface area contributed by atoms with E-state index in [2.05, 4.69) is 10.9 Å². The molecular weight excluding hydrogens is 366 g/mol. The summed E-state index contributed by atoms with van der Waals surface area (Å²) in [5, 5.41) is 0.760. The van der Waals surface area contributed by atoms with E-state index in [1.54, 1.807) is 31.4 Å². The van der Waals surface area contributed by atoms with Gasteiger partial charge in [-0.3, -0.25) is 10.2 Å². The number of hydrogen-bond donors (Lipinski definition) is 2. The summed E-state index contributed by atoms with van der Waals surface area (Å²) in [6, 6.07) is 12.8. The van der Waals surface area contributed by atoms with Crippen LogP contribution in [0, 0.1) is 0 Å². The lowest BCUT2D eigenvalue weighted by Gasteiger charge is -2.10. The third-order valence-corrected chi connectivity index (χ3v) is 5.82. The normalized spacial score (nSPS) is 11.5. The highest BCUT2D eigenvalue weighted by atomic mass is 32.2. The Morgan fingerprint density at radius 2 is 1.85 bits per heavy atom. The van der Waals surface area contributed by atoms with E-state index >= 15 is 0 Å². The molecule has 0 saturated carbocycles. The van der Waals surface area contributed by atoms with E-state index in [4.69, 9.17) is 4.74 Å². The first-order valence-corrected chi connectivity index (χ1v) is 9.95. The minimum Gasteiger partial charge on any atom is -0.497 e. The van der Waals surface area contributed by atoms with Crippen LogP contribution in [0.15, 0.2) is 59.6 Å². The van der Waals surface area contributed by atoms with Crippen molar-refractivity contribution in [1.82, 2.24) is 14.8 Å². The van der Waals surface area contributed by atoms with Gasteiger partial charge in [-0.15, -0.1) is 0 Å². The maximum atomic E-state index is 13.0. The second kappa shape index (κ2) is 7.81. The fourth-order valence-electron chi connectivity index (χ4n) is 2.66. The Morgan fingerprint density at radius 3 is 2.52 bits per heavy atom. The molecule has 0 aliphatic rings. The molecule has 8 heteroatoms. The number of nitrogens with zero attached hydrogens (tertiary/aromatic N) is 1. The molecular formula is C19H21N3O4S. The lowest BCUT2D eigenvalue weighted by atomic mass is 10.2. The highest BCUT2D eigenvalue weighted by Crippen LogP contribution is 2.25. The van der Waals surface area contributed by atoms with Crippen LogP contribution >= 0.6 is 0 Å². The van der Waals surface area contributed by atoms with Gasteiger partial charge in [-0.25, -0.2) is 17.8 Å². The Bertz CT molecular complexity index is 1060. The second-order valence-corrected chi connectivity index (χ2v) is 7.76. The maximum absolute atomic E-state index is 13.0. The quantitative estimate of drug-likeness (QED) is 0.480. The number of fused-ring (bicyclic) bond motifs is 1. The third-order valence-electron chi connectivity index (χ3n) is 4.11. The van der Waals surface area contributed by atoms with E-state index in [0.717, 1.165) is 11.8 Å². The molecule has 0 radical (unpaired) electrons. The fraction of sp³-hybridized carbons (Fsp3) is 0.211. The van der Waals surface area contributed by atoms with Crippen molar-refractivity contribution in [3.05, 3.63) is 60.3 Å². The molecule has 1 amide bonds. The molecule has 1 aromatic heterocycles. The average Bonchev–Trinajstić information content (AvgIpc) is 3.12. The summed E-state index contributed by atoms with van der Waals surface area (Å²) < 4.78 is 32.3. The zero-order valence-corrected chi connectivity index (χ0v) is 15.9. The number of carbonyl (C=O) groups is 1. The first kappa shape index (κ1) is 18.9. The molecule has 3 rings (SSSR count). The first-order valence-electron chi connectivity index (χ1n) is 8.51. The van der Waals surface area contributed by atoms with Crippen molar-refractivity contribution < 1.29 is 17.9 Å². The Balaban J connectivity index is 1.88. The predicted octanol–water partition coefficient (Wildman–Crippen LogP) is 2.53. The van der Waals surface area contributed by atoms with Gasteiger partial charge >= 0.3 is 0 Å². The van der Waals surface area contributed by atoms with Crippen LogP contribution in [0.5, 0.6) is 5.75 Å². The molecule has 0 spiro atoms. The SMILES string of the molecule is CCCNNC(=O)c1ccc(S(=O)(=O)n2ccc3cc(OC)ccc32)cc1. The van der Waals surface area contributed by atoms with Gasteiger partial charge in [0, 0.05) is 23.7 Å². The molecule has 0 bridgehead atoms. The van der Waals surface area contributed by atoms with Gasteiger partial charge in [0.15, 0.2) is 0 Å². The molecule has 3 aromatic rings. The van der Waals surface area contributed by atoms with Crippen LogP contribution in [-0.4, -0.2) is 32.0 Å². The summed E-state index contributed by atoms with van der Waals surface area (Å²) in [5.41, 5.74) is 6.29. The minimum absolute atomic E-state index is 0.105. The van der Waals surface area contributed by atoms with Crippen LogP contribution in [0.4, 0.5) is 0 Å². The zero-order valence-electron chi connectivity index (χ0n) is 15.1. The van der Waals surface area contributed by atoms with Crippen LogP contribution in [-0.2, 0) is 10.0 Å². The summed E-state index contributed by atoms with van der Waals surface area (Å²) in [6.45, 7) is 2.64. The molecule has 2 aromatic carbocycles. The van der Waals surface area contributed by atoms with Crippen molar-refractivity contribution in [3.63, 3.8) is 0 Å². The number of ether oxygens (including phenoxy) is 1. The Labute approximate surface area is 158 Å². The summed E-state index contributed by atoms with van der Waals surface area (Å²) in [5.74, 6) is 0.343. The molecule has 1 heterocycles. The summed E-state index contributed by atoms with van der Waals surface area (Å²) >= 11 is 0. The summed E-state index contributed by atoms with van der Waals surface area (Å²) in [4.78, 5) is 12.1. The summed E-state index contributed by atoms with van der Waals surface area (Å²) in [6.07, 6.45) is 2.39. The number of carbonyl (C=O) groups excluding carboxylic acids is 1. The molecule has 142 valence electrons. The smallest absolute Gasteiger partial charge is 0.268 e. The molecule has 0 aliphatic heterocycles. The number of rotatable bonds is 7. The van der Waals surface area contributed by atoms with Crippen LogP contribution in [0.1, 0.15) is 23.7 Å². The molecule has 2 N–H and O–H groups in total. The van der Waals surface area contributed by atoms with Gasteiger partial charge in [0.25, 0.3) is 15.9 Å². The van der Waals surface area contributed by atoms with Crippen LogP contribution in [0.3, 0.4) is 0 Å². The Morgan fingerprint density at radius 1 is 1.11 bits per heavy atom. The van der Waals surface area contributed by atoms with E-state index in [1.165, 1.54) is 34.4 Å². The van der Waals surface area contributed by atoms with Crippen molar-refractivity contribution in [3.8, 4) is 5.75 Å². The molecule has 0 atom stereocenters. The largest absolute Gasteiger partial charge is 0.497 e. The number of aromatic nitrogens is 1. The van der Waals surface area contributed by atoms with Crippen LogP contribution in [0.2, 0.25) is 0 Å². The van der Waals surface area contributed by atoms with Gasteiger partial charge in [-0.1, -0.05) is 6.92 Å². The average molecular weight is 387 g/mol. The number of amides is 1. The first-order chi connectivity index (χ1) is 13.0. The maximum Gasteiger partial charge on any atom is 0.268 e. The number of benzene rings is 2. The second-order valence-electron chi connectivity index (χ2n) is 5.95. The highest BCUT2D eigenvalue weighted by Gasteiger charge is 2.19. The van der Waals surface area contributed by atoms with Gasteiger partial charge in [-0.2, -0.15) is 0 Å². The van der Waals surface area contributed by atoms with Gasteiger partial charge in [0.05, 0.1) is 17.5 Å². The summed E-state index contributed by atoms with van der Waals surface area (Å²) in [7, 11) is -2.22. The van der Waals surface area contributed by atoms with Crippen molar-refractivity contribution >= 4 is 26.8 Å². The number of hydrogen-bond acceptors (Lipinski definition) is 5. The monoisotopic (exact) mass is 387 g/mol. The van der Waals surface area contributed by atoms with Crippen molar-refractivity contribution in [2.75, 3.05) is 13.7 Å². The van der Waals surface area contributed by atoms with E-state index < -0.39 is 10.0 Å². The molecule has 7 nitrogen and oxygen atoms in total. The third kappa shape index (κ3) is 3.81. The van der Waals surface area contributed by atoms with Crippen molar-refractivity contribution in [2.24, 2.45) is 0 Å². The standard InChI is InChI=1S/C19H21N3O4S/c1-3-11-20-21-19(23)14-4-7-17(8-5-14)27(24,25)22-12-10-15-13-16(26-2)6-9-18(15)22/h4-10,12-13,20H,3,11H2,1-2H3,(H,21,23). The van der Waals surface area contributed by atoms with Gasteiger partial charge < -0.3 is 4.74 Å². The van der Waals surface area contributed by atoms with Gasteiger partial charge in [0.1, 0.15) is 5.75 Å². The Kier molecular flexibility index (Phi) is 5.48. The molecule has 0 fully saturated rings. The molecule has 0 unspecified atom stereocenters. The van der Waals surface area contributed by atoms with Crippen LogP contribution < -0.4 is 15.6 Å². The molecule has 0 aliphatic carbocycles. The van der Waals surface area contributed by atoms with Crippen LogP contribution in [0.25, 0.3) is 10.9 Å². The fourth-order valence-corrected chi connectivity index (χ4v) is 4.02. The number of nitrogens with one attached hydrogen (secondary N) is 2. The van der Waals surface area contributed by atoms with E-state index in [1.807, 2.05) is 6.92 Å². The van der Waals surface area contributed by atoms with Gasteiger partial charge in [0.2, 0.25) is 0 Å². The van der Waals surface area contributed by atoms with Crippen molar-refractivity contribution in [2.45, 2.75) is 18.2 Å². The van der Waals surface area contributed by atoms with E-state index in [9.17, 15) is 13.2 Å². The Hall–Kier alpha value is -2.84. The predicted molar refractivity (Wildman–Crippen MR) is 103 cm³/mol. The van der Waals surface area contributed by atoms with E-state index in [0.29, 0.717) is 23.4 Å². The van der Waals surface area contributed by atoms with Gasteiger partial charge in [-0.05, 0) is 55.0 Å². The number of hydrazine groups is 1. The highest BCUT2D eigenvalue weighted by molar-refractivity contribution is 7.90.